The monoisotopic (exact) mass is 252 g/mol. The Bertz CT molecular complexity index is 370. The SMILES string of the molecule is CCc1cc(CCl)cc(N(C)CC2CC2C)n1. The molecule has 0 spiro atoms. The highest BCUT2D eigenvalue weighted by molar-refractivity contribution is 6.17. The minimum atomic E-state index is 0.566. The van der Waals surface area contributed by atoms with E-state index in [1.807, 2.05) is 0 Å². The number of anilines is 1. The first-order valence-corrected chi connectivity index (χ1v) is 6.94. The van der Waals surface area contributed by atoms with E-state index in [4.69, 9.17) is 11.6 Å². The minimum absolute atomic E-state index is 0.566. The summed E-state index contributed by atoms with van der Waals surface area (Å²) in [7, 11) is 2.13. The fourth-order valence-corrected chi connectivity index (χ4v) is 2.34. The number of hydrogen-bond donors (Lipinski definition) is 0. The molecule has 1 aromatic rings. The molecule has 2 unspecified atom stereocenters. The number of aromatic nitrogens is 1. The minimum Gasteiger partial charge on any atom is -0.359 e. The van der Waals surface area contributed by atoms with Gasteiger partial charge in [0.1, 0.15) is 5.82 Å². The van der Waals surface area contributed by atoms with Crippen LogP contribution in [-0.2, 0) is 12.3 Å². The van der Waals surface area contributed by atoms with Gasteiger partial charge in [-0.15, -0.1) is 11.6 Å². The number of halogens is 1. The van der Waals surface area contributed by atoms with Crippen LogP contribution in [0.5, 0.6) is 0 Å². The van der Waals surface area contributed by atoms with Gasteiger partial charge in [0.05, 0.1) is 0 Å². The molecule has 1 aliphatic rings. The van der Waals surface area contributed by atoms with Gasteiger partial charge in [-0.05, 0) is 42.4 Å². The van der Waals surface area contributed by atoms with Crippen molar-refractivity contribution in [2.45, 2.75) is 32.6 Å². The van der Waals surface area contributed by atoms with Gasteiger partial charge in [0.2, 0.25) is 0 Å². The first-order valence-electron chi connectivity index (χ1n) is 6.41. The summed E-state index contributed by atoms with van der Waals surface area (Å²) in [5.41, 5.74) is 2.30. The predicted molar refractivity (Wildman–Crippen MR) is 73.7 cm³/mol. The van der Waals surface area contributed by atoms with Gasteiger partial charge in [0.15, 0.2) is 0 Å². The lowest BCUT2D eigenvalue weighted by molar-refractivity contribution is 0.717. The molecule has 1 fully saturated rings. The molecule has 0 aliphatic heterocycles. The lowest BCUT2D eigenvalue weighted by atomic mass is 10.2. The lowest BCUT2D eigenvalue weighted by Gasteiger charge is -2.19. The Morgan fingerprint density at radius 1 is 1.47 bits per heavy atom. The maximum atomic E-state index is 5.93. The van der Waals surface area contributed by atoms with E-state index in [1.54, 1.807) is 0 Å². The van der Waals surface area contributed by atoms with Crippen molar-refractivity contribution in [3.05, 3.63) is 23.4 Å². The molecule has 0 radical (unpaired) electrons. The normalized spacial score (nSPS) is 22.6. The Hall–Kier alpha value is -0.760. The zero-order valence-electron chi connectivity index (χ0n) is 10.9. The molecule has 0 bridgehead atoms. The molecule has 0 amide bonds. The van der Waals surface area contributed by atoms with Crippen LogP contribution in [0.4, 0.5) is 5.82 Å². The van der Waals surface area contributed by atoms with Gasteiger partial charge in [-0.1, -0.05) is 13.8 Å². The fourth-order valence-electron chi connectivity index (χ4n) is 2.19. The van der Waals surface area contributed by atoms with Gasteiger partial charge in [0.25, 0.3) is 0 Å². The van der Waals surface area contributed by atoms with Crippen molar-refractivity contribution in [2.24, 2.45) is 11.8 Å². The van der Waals surface area contributed by atoms with Gasteiger partial charge in [-0.25, -0.2) is 4.98 Å². The number of nitrogens with zero attached hydrogens (tertiary/aromatic N) is 2. The fraction of sp³-hybridized carbons (Fsp3) is 0.643. The predicted octanol–water partition coefficient (Wildman–Crippen LogP) is 3.48. The van der Waals surface area contributed by atoms with E-state index in [1.165, 1.54) is 12.0 Å². The topological polar surface area (TPSA) is 16.1 Å². The maximum absolute atomic E-state index is 5.93. The molecule has 1 heterocycles. The summed E-state index contributed by atoms with van der Waals surface area (Å²) in [6.45, 7) is 5.56. The number of pyridine rings is 1. The van der Waals surface area contributed by atoms with Gasteiger partial charge in [-0.2, -0.15) is 0 Å². The zero-order chi connectivity index (χ0) is 12.4. The standard InChI is InChI=1S/C14H21ClN2/c1-4-13-6-11(8-15)7-14(16-13)17(3)9-12-5-10(12)2/h6-7,10,12H,4-5,8-9H2,1-3H3. The van der Waals surface area contributed by atoms with Crippen molar-refractivity contribution in [3.63, 3.8) is 0 Å². The van der Waals surface area contributed by atoms with Crippen molar-refractivity contribution < 1.29 is 0 Å². The van der Waals surface area contributed by atoms with Crippen LogP contribution in [0.3, 0.4) is 0 Å². The number of alkyl halides is 1. The van der Waals surface area contributed by atoms with E-state index in [0.717, 1.165) is 36.3 Å². The van der Waals surface area contributed by atoms with Crippen LogP contribution in [0.2, 0.25) is 0 Å². The summed E-state index contributed by atoms with van der Waals surface area (Å²) < 4.78 is 0. The molecule has 1 aliphatic carbocycles. The van der Waals surface area contributed by atoms with Crippen molar-refractivity contribution in [3.8, 4) is 0 Å². The van der Waals surface area contributed by atoms with Crippen molar-refractivity contribution >= 4 is 17.4 Å². The van der Waals surface area contributed by atoms with Crippen molar-refractivity contribution in [1.29, 1.82) is 0 Å². The third-order valence-electron chi connectivity index (χ3n) is 3.62. The summed E-state index contributed by atoms with van der Waals surface area (Å²) in [5.74, 6) is 3.38. The molecule has 3 heteroatoms. The molecule has 2 rings (SSSR count). The summed E-state index contributed by atoms with van der Waals surface area (Å²) in [6.07, 6.45) is 2.32. The van der Waals surface area contributed by atoms with Crippen LogP contribution < -0.4 is 4.90 Å². The molecule has 0 N–H and O–H groups in total. The molecule has 2 nitrogen and oxygen atoms in total. The zero-order valence-corrected chi connectivity index (χ0v) is 11.7. The second kappa shape index (κ2) is 5.26. The van der Waals surface area contributed by atoms with Crippen LogP contribution in [0.25, 0.3) is 0 Å². The molecule has 0 saturated heterocycles. The second-order valence-corrected chi connectivity index (χ2v) is 5.43. The van der Waals surface area contributed by atoms with Crippen LogP contribution >= 0.6 is 11.6 Å². The lowest BCUT2D eigenvalue weighted by Crippen LogP contribution is -2.22. The highest BCUT2D eigenvalue weighted by Gasteiger charge is 2.33. The van der Waals surface area contributed by atoms with Crippen LogP contribution in [0, 0.1) is 11.8 Å². The van der Waals surface area contributed by atoms with Gasteiger partial charge < -0.3 is 4.90 Å². The Morgan fingerprint density at radius 2 is 2.18 bits per heavy atom. The van der Waals surface area contributed by atoms with E-state index in [0.29, 0.717) is 5.88 Å². The van der Waals surface area contributed by atoms with Gasteiger partial charge in [0, 0.05) is 25.2 Å². The Kier molecular flexibility index (Phi) is 3.93. The largest absolute Gasteiger partial charge is 0.359 e. The quantitative estimate of drug-likeness (QED) is 0.746. The summed E-state index contributed by atoms with van der Waals surface area (Å²) in [6, 6.07) is 4.21. The molecule has 2 atom stereocenters. The smallest absolute Gasteiger partial charge is 0.128 e. The third kappa shape index (κ3) is 3.12. The molecule has 1 saturated carbocycles. The van der Waals surface area contributed by atoms with E-state index < -0.39 is 0 Å². The van der Waals surface area contributed by atoms with E-state index >= 15 is 0 Å². The molecule has 0 aromatic carbocycles. The molecule has 1 aromatic heterocycles. The Balaban J connectivity index is 2.12. The van der Waals surface area contributed by atoms with E-state index in [-0.39, 0.29) is 0 Å². The summed E-state index contributed by atoms with van der Waals surface area (Å²) >= 11 is 5.93. The van der Waals surface area contributed by atoms with Crippen LogP contribution in [0.1, 0.15) is 31.5 Å². The summed E-state index contributed by atoms with van der Waals surface area (Å²) in [5, 5.41) is 0. The number of rotatable bonds is 5. The molecular formula is C14H21ClN2. The highest BCUT2D eigenvalue weighted by atomic mass is 35.5. The molecular weight excluding hydrogens is 232 g/mol. The van der Waals surface area contributed by atoms with Crippen molar-refractivity contribution in [2.75, 3.05) is 18.5 Å². The Morgan fingerprint density at radius 3 is 2.71 bits per heavy atom. The van der Waals surface area contributed by atoms with Crippen LogP contribution in [0.15, 0.2) is 12.1 Å². The van der Waals surface area contributed by atoms with Gasteiger partial charge in [-0.3, -0.25) is 0 Å². The average molecular weight is 253 g/mol. The first-order chi connectivity index (χ1) is 8.13. The van der Waals surface area contributed by atoms with Crippen LogP contribution in [-0.4, -0.2) is 18.6 Å². The molecule has 94 valence electrons. The first kappa shape index (κ1) is 12.7. The van der Waals surface area contributed by atoms with Gasteiger partial charge >= 0.3 is 0 Å². The molecule has 17 heavy (non-hydrogen) atoms. The Labute approximate surface area is 109 Å². The average Bonchev–Trinajstić information content (AvgIpc) is 3.04. The van der Waals surface area contributed by atoms with Crippen molar-refractivity contribution in [1.82, 2.24) is 4.98 Å². The number of hydrogen-bond acceptors (Lipinski definition) is 2. The summed E-state index contributed by atoms with van der Waals surface area (Å²) in [4.78, 5) is 6.94. The second-order valence-electron chi connectivity index (χ2n) is 5.17. The van der Waals surface area contributed by atoms with E-state index in [2.05, 4.69) is 42.9 Å². The van der Waals surface area contributed by atoms with E-state index in [9.17, 15) is 0 Å². The highest BCUT2D eigenvalue weighted by Crippen LogP contribution is 2.38. The number of aryl methyl sites for hydroxylation is 1. The third-order valence-corrected chi connectivity index (χ3v) is 3.93. The maximum Gasteiger partial charge on any atom is 0.128 e.